The third-order valence-corrected chi connectivity index (χ3v) is 7.67. The summed E-state index contributed by atoms with van der Waals surface area (Å²) in [7, 11) is -1.50. The first-order valence-electron chi connectivity index (χ1n) is 8.02. The zero-order chi connectivity index (χ0) is 17.5. The van der Waals surface area contributed by atoms with Gasteiger partial charge in [0.2, 0.25) is 10.0 Å². The predicted octanol–water partition coefficient (Wildman–Crippen LogP) is 2.79. The highest BCUT2D eigenvalue weighted by atomic mass is 35.5. The van der Waals surface area contributed by atoms with E-state index in [4.69, 9.17) is 27.9 Å². The van der Waals surface area contributed by atoms with E-state index in [1.807, 2.05) is 0 Å². The highest BCUT2D eigenvalue weighted by Gasteiger charge is 2.42. The molecule has 2 heterocycles. The molecule has 134 valence electrons. The van der Waals surface area contributed by atoms with E-state index >= 15 is 0 Å². The zero-order valence-electron chi connectivity index (χ0n) is 13.9. The molecular formula is C16H22Cl2N2O3S. The van der Waals surface area contributed by atoms with Crippen molar-refractivity contribution in [2.45, 2.75) is 30.3 Å². The van der Waals surface area contributed by atoms with Gasteiger partial charge in [-0.05, 0) is 44.5 Å². The van der Waals surface area contributed by atoms with Crippen molar-refractivity contribution in [2.75, 3.05) is 39.8 Å². The van der Waals surface area contributed by atoms with E-state index in [-0.39, 0.29) is 15.5 Å². The number of likely N-dealkylation sites (N-methyl/N-ethyl adjacent to an activating group) is 1. The number of nitrogens with zero attached hydrogens (tertiary/aromatic N) is 2. The number of morpholine rings is 1. The van der Waals surface area contributed by atoms with E-state index in [1.165, 1.54) is 10.4 Å². The molecule has 24 heavy (non-hydrogen) atoms. The first kappa shape index (κ1) is 18.4. The highest BCUT2D eigenvalue weighted by molar-refractivity contribution is 7.89. The fraction of sp³-hybridized carbons (Fsp3) is 0.625. The average Bonchev–Trinajstić information content (AvgIpc) is 2.51. The SMILES string of the molecule is Cc1cc(Cl)c(Cl)cc1S(=O)(=O)N1CCC2(CC1)CN(C)CCO2. The molecular weight excluding hydrogens is 371 g/mol. The van der Waals surface area contributed by atoms with Crippen molar-refractivity contribution in [2.24, 2.45) is 0 Å². The number of halogens is 2. The van der Waals surface area contributed by atoms with Crippen LogP contribution in [0.2, 0.25) is 10.0 Å². The molecule has 0 atom stereocenters. The molecule has 8 heteroatoms. The number of hydrogen-bond acceptors (Lipinski definition) is 4. The third kappa shape index (κ3) is 3.45. The predicted molar refractivity (Wildman–Crippen MR) is 95.4 cm³/mol. The highest BCUT2D eigenvalue weighted by Crippen LogP contribution is 2.34. The standard InChI is InChI=1S/C16H22Cl2N2O3S/c1-12-9-13(17)14(18)10-15(12)24(21,22)20-5-3-16(4-6-20)11-19(2)7-8-23-16/h9-10H,3-8,11H2,1-2H3. The Morgan fingerprint density at radius 1 is 1.12 bits per heavy atom. The quantitative estimate of drug-likeness (QED) is 0.776. The molecule has 0 bridgehead atoms. The summed E-state index contributed by atoms with van der Waals surface area (Å²) in [6, 6.07) is 3.05. The minimum Gasteiger partial charge on any atom is -0.372 e. The number of rotatable bonds is 2. The zero-order valence-corrected chi connectivity index (χ0v) is 16.2. The molecule has 3 rings (SSSR count). The number of hydrogen-bond donors (Lipinski definition) is 0. The molecule has 2 aliphatic heterocycles. The Bertz CT molecular complexity index is 731. The van der Waals surface area contributed by atoms with Crippen LogP contribution in [-0.4, -0.2) is 63.1 Å². The van der Waals surface area contributed by atoms with Gasteiger partial charge in [-0.1, -0.05) is 23.2 Å². The normalized spacial score (nSPS) is 22.8. The molecule has 0 aromatic heterocycles. The van der Waals surface area contributed by atoms with Gasteiger partial charge in [0.1, 0.15) is 0 Å². The molecule has 1 aromatic carbocycles. The summed E-state index contributed by atoms with van der Waals surface area (Å²) in [5, 5.41) is 0.621. The van der Waals surface area contributed by atoms with Crippen LogP contribution in [0.5, 0.6) is 0 Å². The second kappa shape index (κ2) is 6.74. The number of piperidine rings is 1. The van der Waals surface area contributed by atoms with Gasteiger partial charge in [0, 0.05) is 26.2 Å². The fourth-order valence-electron chi connectivity index (χ4n) is 3.52. The monoisotopic (exact) mass is 392 g/mol. The minimum atomic E-state index is -3.58. The van der Waals surface area contributed by atoms with E-state index in [0.29, 0.717) is 43.1 Å². The van der Waals surface area contributed by atoms with Crippen molar-refractivity contribution in [1.29, 1.82) is 0 Å². The molecule has 0 aliphatic carbocycles. The maximum absolute atomic E-state index is 13.0. The smallest absolute Gasteiger partial charge is 0.243 e. The van der Waals surface area contributed by atoms with Crippen LogP contribution in [0.15, 0.2) is 17.0 Å². The maximum Gasteiger partial charge on any atom is 0.243 e. The lowest BCUT2D eigenvalue weighted by atomic mass is 9.90. The molecule has 2 saturated heterocycles. The molecule has 0 N–H and O–H groups in total. The number of benzene rings is 1. The van der Waals surface area contributed by atoms with Crippen molar-refractivity contribution in [3.8, 4) is 0 Å². The topological polar surface area (TPSA) is 49.9 Å². The lowest BCUT2D eigenvalue weighted by Crippen LogP contribution is -2.56. The summed E-state index contributed by atoms with van der Waals surface area (Å²) in [5.74, 6) is 0. The summed E-state index contributed by atoms with van der Waals surface area (Å²) in [6.45, 7) is 5.12. The Kier molecular flexibility index (Phi) is 5.17. The molecule has 1 spiro atoms. The van der Waals surface area contributed by atoms with Crippen LogP contribution < -0.4 is 0 Å². The molecule has 0 radical (unpaired) electrons. The Morgan fingerprint density at radius 2 is 1.75 bits per heavy atom. The fourth-order valence-corrected chi connectivity index (χ4v) is 5.64. The van der Waals surface area contributed by atoms with Crippen LogP contribution in [0.4, 0.5) is 0 Å². The van der Waals surface area contributed by atoms with Gasteiger partial charge in [-0.3, -0.25) is 0 Å². The average molecular weight is 393 g/mol. The van der Waals surface area contributed by atoms with E-state index in [0.717, 1.165) is 13.1 Å². The van der Waals surface area contributed by atoms with Crippen molar-refractivity contribution < 1.29 is 13.2 Å². The van der Waals surface area contributed by atoms with Crippen LogP contribution in [0.3, 0.4) is 0 Å². The van der Waals surface area contributed by atoms with Gasteiger partial charge >= 0.3 is 0 Å². The number of sulfonamides is 1. The number of aryl methyl sites for hydroxylation is 1. The number of ether oxygens (including phenoxy) is 1. The van der Waals surface area contributed by atoms with Crippen LogP contribution in [0, 0.1) is 6.92 Å². The lowest BCUT2D eigenvalue weighted by Gasteiger charge is -2.46. The van der Waals surface area contributed by atoms with Gasteiger partial charge in [0.15, 0.2) is 0 Å². The molecule has 5 nitrogen and oxygen atoms in total. The van der Waals surface area contributed by atoms with Crippen LogP contribution in [0.25, 0.3) is 0 Å². The van der Waals surface area contributed by atoms with E-state index in [9.17, 15) is 8.42 Å². The van der Waals surface area contributed by atoms with Gasteiger partial charge < -0.3 is 9.64 Å². The van der Waals surface area contributed by atoms with Crippen LogP contribution in [-0.2, 0) is 14.8 Å². The first-order valence-corrected chi connectivity index (χ1v) is 10.2. The molecule has 0 saturated carbocycles. The first-order chi connectivity index (χ1) is 11.2. The summed E-state index contributed by atoms with van der Waals surface area (Å²) in [4.78, 5) is 2.48. The lowest BCUT2D eigenvalue weighted by molar-refractivity contribution is -0.124. The van der Waals surface area contributed by atoms with E-state index < -0.39 is 10.0 Å². The Hall–Kier alpha value is -0.370. The molecule has 1 aromatic rings. The maximum atomic E-state index is 13.0. The Balaban J connectivity index is 1.79. The molecule has 2 fully saturated rings. The largest absolute Gasteiger partial charge is 0.372 e. The van der Waals surface area contributed by atoms with Gasteiger partial charge in [0.05, 0.1) is 27.1 Å². The Labute approximate surface area is 153 Å². The summed E-state index contributed by atoms with van der Waals surface area (Å²) >= 11 is 12.0. The van der Waals surface area contributed by atoms with Crippen LogP contribution >= 0.6 is 23.2 Å². The molecule has 0 unspecified atom stereocenters. The third-order valence-electron chi connectivity index (χ3n) is 4.91. The van der Waals surface area contributed by atoms with E-state index in [2.05, 4.69) is 11.9 Å². The van der Waals surface area contributed by atoms with E-state index in [1.54, 1.807) is 13.0 Å². The van der Waals surface area contributed by atoms with Crippen molar-refractivity contribution >= 4 is 33.2 Å². The van der Waals surface area contributed by atoms with Gasteiger partial charge in [-0.25, -0.2) is 8.42 Å². The molecule has 0 amide bonds. The summed E-state index contributed by atoms with van der Waals surface area (Å²) < 4.78 is 33.5. The van der Waals surface area contributed by atoms with Crippen molar-refractivity contribution in [1.82, 2.24) is 9.21 Å². The van der Waals surface area contributed by atoms with Gasteiger partial charge in [-0.15, -0.1) is 0 Å². The summed E-state index contributed by atoms with van der Waals surface area (Å²) in [5.41, 5.74) is 0.393. The van der Waals surface area contributed by atoms with Gasteiger partial charge in [0.25, 0.3) is 0 Å². The minimum absolute atomic E-state index is 0.217. The van der Waals surface area contributed by atoms with Crippen molar-refractivity contribution in [3.63, 3.8) is 0 Å². The second-order valence-corrected chi connectivity index (χ2v) is 9.43. The van der Waals surface area contributed by atoms with Crippen molar-refractivity contribution in [3.05, 3.63) is 27.7 Å². The van der Waals surface area contributed by atoms with Crippen LogP contribution in [0.1, 0.15) is 18.4 Å². The summed E-state index contributed by atoms with van der Waals surface area (Å²) in [6.07, 6.45) is 1.41. The second-order valence-electron chi connectivity index (χ2n) is 6.71. The van der Waals surface area contributed by atoms with Gasteiger partial charge in [-0.2, -0.15) is 4.31 Å². The Morgan fingerprint density at radius 3 is 2.38 bits per heavy atom. The molecule has 2 aliphatic rings.